The Morgan fingerprint density at radius 2 is 1.87 bits per heavy atom. The van der Waals surface area contributed by atoms with Crippen LogP contribution in [-0.4, -0.2) is 43.5 Å². The summed E-state index contributed by atoms with van der Waals surface area (Å²) in [6.45, 7) is 2.85. The van der Waals surface area contributed by atoms with Crippen molar-refractivity contribution in [2.24, 2.45) is 0 Å². The van der Waals surface area contributed by atoms with Crippen LogP contribution in [0, 0.1) is 0 Å². The van der Waals surface area contributed by atoms with E-state index in [1.54, 1.807) is 4.31 Å². The van der Waals surface area contributed by atoms with Crippen LogP contribution in [0.3, 0.4) is 0 Å². The first-order chi connectivity index (χ1) is 10.9. The molecule has 2 rings (SSSR count). The van der Waals surface area contributed by atoms with E-state index in [1.807, 2.05) is 31.2 Å². The average Bonchev–Trinajstić information content (AvgIpc) is 2.50. The molecule has 5 nitrogen and oxygen atoms in total. The van der Waals surface area contributed by atoms with Crippen molar-refractivity contribution in [3.05, 3.63) is 34.3 Å². The SMILES string of the molecule is CCCS(=O)(=O)N1CCC(NC(=O)Cc2ccc(Br)cc2)CC1. The monoisotopic (exact) mass is 402 g/mol. The Balaban J connectivity index is 1.80. The molecule has 1 aliphatic heterocycles. The van der Waals surface area contributed by atoms with Gasteiger partial charge in [-0.15, -0.1) is 0 Å². The highest BCUT2D eigenvalue weighted by Crippen LogP contribution is 2.16. The zero-order chi connectivity index (χ0) is 16.9. The van der Waals surface area contributed by atoms with Gasteiger partial charge < -0.3 is 5.32 Å². The lowest BCUT2D eigenvalue weighted by atomic mass is 10.1. The molecular weight excluding hydrogens is 380 g/mol. The quantitative estimate of drug-likeness (QED) is 0.793. The van der Waals surface area contributed by atoms with Crippen LogP contribution in [0.2, 0.25) is 0 Å². The summed E-state index contributed by atoms with van der Waals surface area (Å²) in [5.74, 6) is 0.190. The van der Waals surface area contributed by atoms with Gasteiger partial charge in [-0.25, -0.2) is 12.7 Å². The minimum absolute atomic E-state index is 0.0119. The fourth-order valence-electron chi connectivity index (χ4n) is 2.73. The van der Waals surface area contributed by atoms with Crippen molar-refractivity contribution >= 4 is 31.9 Å². The van der Waals surface area contributed by atoms with Gasteiger partial charge >= 0.3 is 0 Å². The third-order valence-electron chi connectivity index (χ3n) is 3.95. The van der Waals surface area contributed by atoms with Crippen LogP contribution < -0.4 is 5.32 Å². The van der Waals surface area contributed by atoms with Crippen molar-refractivity contribution in [1.82, 2.24) is 9.62 Å². The molecule has 0 atom stereocenters. The number of hydrogen-bond donors (Lipinski definition) is 1. The van der Waals surface area contributed by atoms with Crippen LogP contribution in [0.5, 0.6) is 0 Å². The number of rotatable bonds is 6. The van der Waals surface area contributed by atoms with Crippen LogP contribution >= 0.6 is 15.9 Å². The number of amides is 1. The number of carbonyl (C=O) groups excluding carboxylic acids is 1. The third-order valence-corrected chi connectivity index (χ3v) is 6.56. The van der Waals surface area contributed by atoms with E-state index in [0.717, 1.165) is 10.0 Å². The molecule has 7 heteroatoms. The largest absolute Gasteiger partial charge is 0.353 e. The number of piperidine rings is 1. The van der Waals surface area contributed by atoms with Gasteiger partial charge in [0.1, 0.15) is 0 Å². The topological polar surface area (TPSA) is 66.5 Å². The zero-order valence-electron chi connectivity index (χ0n) is 13.3. The highest BCUT2D eigenvalue weighted by molar-refractivity contribution is 9.10. The van der Waals surface area contributed by atoms with Gasteiger partial charge in [0.05, 0.1) is 12.2 Å². The smallest absolute Gasteiger partial charge is 0.224 e. The summed E-state index contributed by atoms with van der Waals surface area (Å²) in [5, 5.41) is 3.01. The van der Waals surface area contributed by atoms with E-state index in [4.69, 9.17) is 0 Å². The second kappa shape index (κ2) is 8.26. The summed E-state index contributed by atoms with van der Waals surface area (Å²) in [4.78, 5) is 12.1. The van der Waals surface area contributed by atoms with Crippen LogP contribution in [0.15, 0.2) is 28.7 Å². The van der Waals surface area contributed by atoms with E-state index < -0.39 is 10.0 Å². The highest BCUT2D eigenvalue weighted by Gasteiger charge is 2.27. The Labute approximate surface area is 146 Å². The molecule has 1 N–H and O–H groups in total. The summed E-state index contributed by atoms with van der Waals surface area (Å²) < 4.78 is 26.6. The van der Waals surface area contributed by atoms with Gasteiger partial charge in [-0.3, -0.25) is 4.79 Å². The van der Waals surface area contributed by atoms with Gasteiger partial charge in [0.25, 0.3) is 0 Å². The van der Waals surface area contributed by atoms with Crippen molar-refractivity contribution in [2.45, 2.75) is 38.6 Å². The minimum atomic E-state index is -3.12. The Kier molecular flexibility index (Phi) is 6.61. The second-order valence-corrected chi connectivity index (χ2v) is 8.86. The molecule has 128 valence electrons. The molecular formula is C16H23BrN2O3S. The van der Waals surface area contributed by atoms with Crippen LogP contribution in [0.1, 0.15) is 31.7 Å². The molecule has 0 aromatic heterocycles. The number of halogens is 1. The Hall–Kier alpha value is -0.920. The number of carbonyl (C=O) groups is 1. The number of nitrogens with zero attached hydrogens (tertiary/aromatic N) is 1. The maximum atomic E-state index is 12.1. The van der Waals surface area contributed by atoms with E-state index in [0.29, 0.717) is 38.8 Å². The van der Waals surface area contributed by atoms with Crippen LogP contribution in [0.25, 0.3) is 0 Å². The lowest BCUT2D eigenvalue weighted by Gasteiger charge is -2.31. The first-order valence-corrected chi connectivity index (χ1v) is 10.3. The molecule has 0 spiro atoms. The Morgan fingerprint density at radius 3 is 2.43 bits per heavy atom. The molecule has 0 radical (unpaired) electrons. The van der Waals surface area contributed by atoms with Crippen LogP contribution in [-0.2, 0) is 21.2 Å². The molecule has 0 aliphatic carbocycles. The fraction of sp³-hybridized carbons (Fsp3) is 0.562. The highest BCUT2D eigenvalue weighted by atomic mass is 79.9. The zero-order valence-corrected chi connectivity index (χ0v) is 15.7. The van der Waals surface area contributed by atoms with Crippen molar-refractivity contribution in [3.8, 4) is 0 Å². The number of sulfonamides is 1. The van der Waals surface area contributed by atoms with Gasteiger partial charge in [0.2, 0.25) is 15.9 Å². The van der Waals surface area contributed by atoms with Gasteiger partial charge in [0, 0.05) is 23.6 Å². The van der Waals surface area contributed by atoms with E-state index in [1.165, 1.54) is 0 Å². The third kappa shape index (κ3) is 5.58. The fourth-order valence-corrected chi connectivity index (χ4v) is 4.54. The van der Waals surface area contributed by atoms with Gasteiger partial charge in [-0.05, 0) is 37.0 Å². The summed E-state index contributed by atoms with van der Waals surface area (Å²) in [5.41, 5.74) is 0.966. The van der Waals surface area contributed by atoms with Crippen molar-refractivity contribution in [3.63, 3.8) is 0 Å². The molecule has 1 fully saturated rings. The molecule has 0 unspecified atom stereocenters. The van der Waals surface area contributed by atoms with E-state index in [-0.39, 0.29) is 17.7 Å². The molecule has 1 aliphatic rings. The minimum Gasteiger partial charge on any atom is -0.353 e. The molecule has 1 amide bonds. The van der Waals surface area contributed by atoms with E-state index >= 15 is 0 Å². The lowest BCUT2D eigenvalue weighted by molar-refractivity contribution is -0.121. The van der Waals surface area contributed by atoms with E-state index in [9.17, 15) is 13.2 Å². The normalized spacial score (nSPS) is 17.1. The summed E-state index contributed by atoms with van der Waals surface area (Å²) in [6, 6.07) is 7.73. The van der Waals surface area contributed by atoms with Crippen LogP contribution in [0.4, 0.5) is 0 Å². The number of hydrogen-bond acceptors (Lipinski definition) is 3. The maximum absolute atomic E-state index is 12.1. The van der Waals surface area contributed by atoms with Crippen molar-refractivity contribution in [2.75, 3.05) is 18.8 Å². The summed E-state index contributed by atoms with van der Waals surface area (Å²) in [6.07, 6.45) is 2.33. The number of benzene rings is 1. The predicted molar refractivity (Wildman–Crippen MR) is 94.7 cm³/mol. The molecule has 1 heterocycles. The van der Waals surface area contributed by atoms with E-state index in [2.05, 4.69) is 21.2 Å². The molecule has 1 aromatic carbocycles. The molecule has 1 aromatic rings. The Morgan fingerprint density at radius 1 is 1.26 bits per heavy atom. The van der Waals surface area contributed by atoms with Gasteiger partial charge in [-0.1, -0.05) is 35.0 Å². The van der Waals surface area contributed by atoms with Gasteiger partial charge in [-0.2, -0.15) is 0 Å². The summed E-state index contributed by atoms with van der Waals surface area (Å²) >= 11 is 3.37. The molecule has 1 saturated heterocycles. The summed E-state index contributed by atoms with van der Waals surface area (Å²) in [7, 11) is -3.12. The number of nitrogens with one attached hydrogen (secondary N) is 1. The van der Waals surface area contributed by atoms with Crippen molar-refractivity contribution < 1.29 is 13.2 Å². The average molecular weight is 403 g/mol. The first-order valence-electron chi connectivity index (χ1n) is 7.92. The Bertz CT molecular complexity index is 623. The first kappa shape index (κ1) is 18.4. The molecule has 23 heavy (non-hydrogen) atoms. The standard InChI is InChI=1S/C16H23BrN2O3S/c1-2-11-23(21,22)19-9-7-15(8-10-19)18-16(20)12-13-3-5-14(17)6-4-13/h3-6,15H,2,7-12H2,1H3,(H,18,20). The maximum Gasteiger partial charge on any atom is 0.224 e. The van der Waals surface area contributed by atoms with Gasteiger partial charge in [0.15, 0.2) is 0 Å². The molecule has 0 saturated carbocycles. The predicted octanol–water partition coefficient (Wildman–Crippen LogP) is 2.31. The lowest BCUT2D eigenvalue weighted by Crippen LogP contribution is -2.47. The second-order valence-electron chi connectivity index (χ2n) is 5.86. The van der Waals surface area contributed by atoms with Crippen molar-refractivity contribution in [1.29, 1.82) is 0 Å². The molecule has 0 bridgehead atoms.